The lowest BCUT2D eigenvalue weighted by Crippen LogP contribution is -2.22. The molecule has 2 atom stereocenters. The number of Topliss-reactive ketones (excluding diaryl/α,β-unsaturated/α-hetero) is 2. The summed E-state index contributed by atoms with van der Waals surface area (Å²) >= 11 is 1.57. The van der Waals surface area contributed by atoms with E-state index in [-0.39, 0.29) is 17.6 Å². The first-order valence-corrected chi connectivity index (χ1v) is 13.4. The molecule has 5 nitrogen and oxygen atoms in total. The van der Waals surface area contributed by atoms with E-state index in [1.165, 1.54) is 0 Å². The maximum absolute atomic E-state index is 13.0. The molecule has 1 aliphatic carbocycles. The molecule has 0 bridgehead atoms. The number of carbonyl (C=O) groups is 2. The van der Waals surface area contributed by atoms with Crippen LogP contribution in [0.4, 0.5) is 0 Å². The van der Waals surface area contributed by atoms with E-state index >= 15 is 0 Å². The number of fused-ring (bicyclic) bond motifs is 1. The van der Waals surface area contributed by atoms with E-state index in [2.05, 4.69) is 10.6 Å². The van der Waals surface area contributed by atoms with Crippen LogP contribution in [0.3, 0.4) is 0 Å². The zero-order chi connectivity index (χ0) is 25.2. The van der Waals surface area contributed by atoms with E-state index in [1.54, 1.807) is 11.3 Å². The number of rotatable bonds is 7. The predicted octanol–water partition coefficient (Wildman–Crippen LogP) is 7.54. The number of carbonyl (C=O) groups excluding carboxylic acids is 2. The number of aromatic nitrogens is 2. The molecular weight excluding hydrogens is 466 g/mol. The van der Waals surface area contributed by atoms with Crippen molar-refractivity contribution >= 4 is 33.9 Å². The van der Waals surface area contributed by atoms with Crippen LogP contribution < -0.4 is 0 Å². The highest BCUT2D eigenvalue weighted by Gasteiger charge is 2.29. The Morgan fingerprint density at radius 1 is 1.11 bits per heavy atom. The van der Waals surface area contributed by atoms with Gasteiger partial charge in [-0.1, -0.05) is 25.5 Å². The van der Waals surface area contributed by atoms with Gasteiger partial charge in [-0.25, -0.2) is 4.98 Å². The third kappa shape index (κ3) is 4.64. The number of nitriles is 1. The molecule has 0 spiro atoms. The van der Waals surface area contributed by atoms with E-state index in [1.807, 2.05) is 68.4 Å². The Morgan fingerprint density at radius 2 is 1.94 bits per heavy atom. The second-order valence-electron chi connectivity index (χ2n) is 9.67. The molecule has 0 N–H and O–H groups in total. The van der Waals surface area contributed by atoms with Crippen molar-refractivity contribution in [3.63, 3.8) is 0 Å². The van der Waals surface area contributed by atoms with Gasteiger partial charge in [-0.2, -0.15) is 5.26 Å². The third-order valence-corrected chi connectivity index (χ3v) is 8.27. The van der Waals surface area contributed by atoms with Crippen molar-refractivity contribution in [1.29, 1.82) is 5.26 Å². The number of benzene rings is 2. The Morgan fingerprint density at radius 3 is 2.69 bits per heavy atom. The predicted molar refractivity (Wildman–Crippen MR) is 144 cm³/mol. The molecule has 1 fully saturated rings. The van der Waals surface area contributed by atoms with Crippen LogP contribution in [0.2, 0.25) is 0 Å². The number of hydrogen-bond donors (Lipinski definition) is 0. The van der Waals surface area contributed by atoms with Gasteiger partial charge in [0.2, 0.25) is 0 Å². The first-order valence-electron chi connectivity index (χ1n) is 12.6. The van der Waals surface area contributed by atoms with Crippen LogP contribution in [-0.2, 0) is 0 Å². The zero-order valence-corrected chi connectivity index (χ0v) is 21.5. The lowest BCUT2D eigenvalue weighted by atomic mass is 9.82. The maximum Gasteiger partial charge on any atom is 0.173 e. The number of hydrogen-bond acceptors (Lipinski definition) is 5. The molecule has 0 radical (unpaired) electrons. The van der Waals surface area contributed by atoms with Gasteiger partial charge in [-0.3, -0.25) is 9.59 Å². The molecule has 5 rings (SSSR count). The van der Waals surface area contributed by atoms with Gasteiger partial charge >= 0.3 is 0 Å². The molecular formula is C30H29N3O2S. The van der Waals surface area contributed by atoms with E-state index in [0.717, 1.165) is 57.9 Å². The van der Waals surface area contributed by atoms with E-state index in [4.69, 9.17) is 4.98 Å². The minimum absolute atomic E-state index is 0.0884. The van der Waals surface area contributed by atoms with Crippen LogP contribution >= 0.6 is 11.3 Å². The normalized spacial score (nSPS) is 17.7. The Balaban J connectivity index is 1.54. The highest BCUT2D eigenvalue weighted by atomic mass is 32.1. The number of aryl methyl sites for hydroxylation is 1. The molecule has 2 aromatic carbocycles. The Hall–Kier alpha value is -3.56. The number of nitrogens with zero attached hydrogens (tertiary/aromatic N) is 3. The largest absolute Gasteiger partial charge is 0.321 e. The van der Waals surface area contributed by atoms with Crippen LogP contribution in [0.15, 0.2) is 54.6 Å². The van der Waals surface area contributed by atoms with Gasteiger partial charge in [0.15, 0.2) is 11.6 Å². The van der Waals surface area contributed by atoms with Gasteiger partial charge < -0.3 is 4.57 Å². The molecule has 0 unspecified atom stereocenters. The number of thiophene rings is 1. The molecule has 2 aromatic heterocycles. The van der Waals surface area contributed by atoms with E-state index in [9.17, 15) is 14.9 Å². The topological polar surface area (TPSA) is 75.8 Å². The zero-order valence-electron chi connectivity index (χ0n) is 20.7. The quantitative estimate of drug-likeness (QED) is 0.248. The summed E-state index contributed by atoms with van der Waals surface area (Å²) in [6.45, 7) is 3.89. The second-order valence-corrected chi connectivity index (χ2v) is 11.0. The fourth-order valence-corrected chi connectivity index (χ4v) is 6.26. The number of imidazole rings is 1. The summed E-state index contributed by atoms with van der Waals surface area (Å²) in [6, 6.07) is 19.7. The summed E-state index contributed by atoms with van der Waals surface area (Å²) in [4.78, 5) is 32.3. The third-order valence-electron chi connectivity index (χ3n) is 7.23. The van der Waals surface area contributed by atoms with Gasteiger partial charge in [-0.05, 0) is 74.6 Å². The summed E-state index contributed by atoms with van der Waals surface area (Å²) < 4.78 is 2.26. The fourth-order valence-electron chi connectivity index (χ4n) is 5.44. The molecule has 0 saturated heterocycles. The van der Waals surface area contributed by atoms with Gasteiger partial charge in [0.25, 0.3) is 0 Å². The van der Waals surface area contributed by atoms with Crippen molar-refractivity contribution in [2.24, 2.45) is 5.92 Å². The monoisotopic (exact) mass is 495 g/mol. The molecule has 36 heavy (non-hydrogen) atoms. The Labute approximate surface area is 215 Å². The lowest BCUT2D eigenvalue weighted by Gasteiger charge is -2.31. The lowest BCUT2D eigenvalue weighted by molar-refractivity contribution is 0.0944. The summed E-state index contributed by atoms with van der Waals surface area (Å²) in [5.41, 5.74) is 3.77. The molecule has 4 aromatic rings. The smallest absolute Gasteiger partial charge is 0.173 e. The maximum atomic E-state index is 13.0. The van der Waals surface area contributed by atoms with Crippen molar-refractivity contribution < 1.29 is 9.59 Å². The molecule has 0 aliphatic heterocycles. The second kappa shape index (κ2) is 10.2. The van der Waals surface area contributed by atoms with Crippen LogP contribution in [0.5, 0.6) is 0 Å². The summed E-state index contributed by atoms with van der Waals surface area (Å²) in [5, 5.41) is 9.79. The van der Waals surface area contributed by atoms with Crippen molar-refractivity contribution in [2.75, 3.05) is 0 Å². The van der Waals surface area contributed by atoms with Crippen molar-refractivity contribution in [3.8, 4) is 17.5 Å². The summed E-state index contributed by atoms with van der Waals surface area (Å²) in [6.07, 6.45) is 4.96. The first kappa shape index (κ1) is 24.1. The summed E-state index contributed by atoms with van der Waals surface area (Å²) in [7, 11) is 0. The van der Waals surface area contributed by atoms with Crippen molar-refractivity contribution in [1.82, 2.24) is 9.55 Å². The minimum atomic E-state index is 0.0884. The van der Waals surface area contributed by atoms with Gasteiger partial charge in [0, 0.05) is 34.9 Å². The van der Waals surface area contributed by atoms with Gasteiger partial charge in [-0.15, -0.1) is 11.3 Å². The molecule has 1 saturated carbocycles. The summed E-state index contributed by atoms with van der Waals surface area (Å²) in [5.74, 6) is 1.38. The van der Waals surface area contributed by atoms with Crippen LogP contribution in [0.25, 0.3) is 22.4 Å². The average Bonchev–Trinajstić information content (AvgIpc) is 3.51. The van der Waals surface area contributed by atoms with E-state index in [0.29, 0.717) is 29.9 Å². The fraction of sp³-hybridized carbons (Fsp3) is 0.333. The molecule has 0 amide bonds. The van der Waals surface area contributed by atoms with Gasteiger partial charge in [0.1, 0.15) is 5.82 Å². The molecule has 6 heteroatoms. The number of ketones is 2. The first-order chi connectivity index (χ1) is 17.5. The molecule has 1 aliphatic rings. The highest BCUT2D eigenvalue weighted by molar-refractivity contribution is 7.14. The van der Waals surface area contributed by atoms with Crippen molar-refractivity contribution in [3.05, 3.63) is 75.5 Å². The standard InChI is InChI=1S/C30H29N3O2S/c1-3-27(34)21-12-13-26-25(17-21)32-30(24-10-5-4-8-22(24)18-31)33(26)23-9-6-7-20(15-23)16-28(35)29-14-11-19(2)36-29/h4-5,8,10-14,17,20,23H,3,6-7,9,15-16H2,1-2H3/t20-,23+/m1/s1. The Bertz CT molecular complexity index is 1490. The molecule has 182 valence electrons. The van der Waals surface area contributed by atoms with Crippen LogP contribution in [0.1, 0.15) is 82.0 Å². The highest BCUT2D eigenvalue weighted by Crippen LogP contribution is 2.40. The Kier molecular flexibility index (Phi) is 6.84. The van der Waals surface area contributed by atoms with Crippen LogP contribution in [-0.4, -0.2) is 21.1 Å². The van der Waals surface area contributed by atoms with E-state index < -0.39 is 0 Å². The average molecular weight is 496 g/mol. The van der Waals surface area contributed by atoms with Gasteiger partial charge in [0.05, 0.1) is 27.5 Å². The molecule has 2 heterocycles. The van der Waals surface area contributed by atoms with Crippen LogP contribution in [0, 0.1) is 24.2 Å². The SMILES string of the molecule is CCC(=O)c1ccc2c(c1)nc(-c1ccccc1C#N)n2[C@H]1CCC[C@@H](CC(=O)c2ccc(C)s2)C1. The van der Waals surface area contributed by atoms with Crippen molar-refractivity contribution in [2.45, 2.75) is 58.4 Å². The minimum Gasteiger partial charge on any atom is -0.321 e.